The van der Waals surface area contributed by atoms with E-state index in [1.54, 1.807) is 11.8 Å². The Morgan fingerprint density at radius 3 is 2.57 bits per heavy atom. The summed E-state index contributed by atoms with van der Waals surface area (Å²) in [5, 5.41) is 10.9. The van der Waals surface area contributed by atoms with Gasteiger partial charge in [0.15, 0.2) is 0 Å². The summed E-state index contributed by atoms with van der Waals surface area (Å²) in [6.07, 6.45) is 1.43. The van der Waals surface area contributed by atoms with E-state index in [0.29, 0.717) is 38.2 Å². The molecule has 0 bridgehead atoms. The van der Waals surface area contributed by atoms with Crippen molar-refractivity contribution in [2.75, 3.05) is 18.4 Å². The maximum absolute atomic E-state index is 14.3. The average Bonchev–Trinajstić information content (AvgIpc) is 3.38. The van der Waals surface area contributed by atoms with E-state index in [1.165, 1.54) is 0 Å². The van der Waals surface area contributed by atoms with Crippen LogP contribution in [-0.2, 0) is 4.79 Å². The summed E-state index contributed by atoms with van der Waals surface area (Å²) in [7, 11) is 0. The molecule has 2 saturated carbocycles. The van der Waals surface area contributed by atoms with Crippen molar-refractivity contribution in [3.05, 3.63) is 30.3 Å². The lowest BCUT2D eigenvalue weighted by molar-refractivity contribution is -0.231. The van der Waals surface area contributed by atoms with Crippen molar-refractivity contribution in [2.24, 2.45) is 17.3 Å². The molecular weight excluding hydrogens is 366 g/mol. The zero-order valence-corrected chi connectivity index (χ0v) is 15.6. The molecule has 1 aliphatic heterocycles. The smallest absolute Gasteiger partial charge is 0.316 e. The Morgan fingerprint density at radius 1 is 1.21 bits per heavy atom. The second kappa shape index (κ2) is 5.99. The number of nitrogens with one attached hydrogen (secondary N) is 1. The maximum Gasteiger partial charge on any atom is 0.316 e. The molecule has 5 rings (SSSR count). The fourth-order valence-electron chi connectivity index (χ4n) is 5.06. The fourth-order valence-corrected chi connectivity index (χ4v) is 5.06. The van der Waals surface area contributed by atoms with Crippen LogP contribution in [0.5, 0.6) is 0 Å². The number of likely N-dealkylation sites (tertiary alicyclic amines) is 1. The average molecular weight is 388 g/mol. The number of nitrogens with zero attached hydrogens (tertiary/aromatic N) is 3. The number of hydrogen-bond acceptors (Lipinski definition) is 5. The van der Waals surface area contributed by atoms with Crippen molar-refractivity contribution in [1.29, 1.82) is 0 Å². The van der Waals surface area contributed by atoms with Crippen molar-refractivity contribution in [3.8, 4) is 11.5 Å². The number of benzene rings is 1. The number of anilines is 1. The van der Waals surface area contributed by atoms with Gasteiger partial charge in [-0.1, -0.05) is 23.3 Å². The van der Waals surface area contributed by atoms with Crippen LogP contribution in [0.1, 0.15) is 26.2 Å². The molecule has 2 heterocycles. The number of aromatic nitrogens is 2. The van der Waals surface area contributed by atoms with Crippen molar-refractivity contribution in [1.82, 2.24) is 15.1 Å². The molecule has 1 amide bonds. The van der Waals surface area contributed by atoms with Crippen LogP contribution >= 0.6 is 0 Å². The quantitative estimate of drug-likeness (QED) is 0.869. The molecule has 28 heavy (non-hydrogen) atoms. The standard InChI is InChI=1S/C20H22F2N4O2/c1-12(23-18-25-24-16(28-18)13-5-3-2-4-6-13)17(27)26-9-7-19(8-10-26)14-11-15(14)20(19,21)22/h2-6,12,14-15H,7-11H2,1H3,(H,23,25)/t12-,14?,15?/m0/s1. The van der Waals surface area contributed by atoms with Crippen LogP contribution in [-0.4, -0.2) is 46.1 Å². The predicted octanol–water partition coefficient (Wildman–Crippen LogP) is 3.43. The van der Waals surface area contributed by atoms with Crippen LogP contribution in [0.3, 0.4) is 0 Å². The number of fused-ring (bicyclic) bond motifs is 2. The molecule has 2 unspecified atom stereocenters. The van der Waals surface area contributed by atoms with Crippen LogP contribution in [0.2, 0.25) is 0 Å². The molecule has 0 radical (unpaired) electrons. The number of alkyl halides is 2. The summed E-state index contributed by atoms with van der Waals surface area (Å²) in [5.41, 5.74) is -0.0643. The molecule has 148 valence electrons. The fraction of sp³-hybridized carbons (Fsp3) is 0.550. The van der Waals surface area contributed by atoms with E-state index in [-0.39, 0.29) is 17.8 Å². The molecule has 8 heteroatoms. The van der Waals surface area contributed by atoms with Crippen LogP contribution in [0, 0.1) is 17.3 Å². The van der Waals surface area contributed by atoms with Crippen molar-refractivity contribution in [3.63, 3.8) is 0 Å². The van der Waals surface area contributed by atoms with E-state index in [4.69, 9.17) is 4.42 Å². The first-order chi connectivity index (χ1) is 13.4. The Morgan fingerprint density at radius 2 is 1.93 bits per heavy atom. The van der Waals surface area contributed by atoms with Crippen molar-refractivity contribution >= 4 is 11.9 Å². The SMILES string of the molecule is C[C@H](Nc1nnc(-c2ccccc2)o1)C(=O)N1CCC2(CC1)C1CC1C2(F)F. The molecule has 1 spiro atoms. The minimum Gasteiger partial charge on any atom is -0.403 e. The summed E-state index contributed by atoms with van der Waals surface area (Å²) in [4.78, 5) is 14.4. The molecule has 1 aromatic heterocycles. The number of carbonyl (C=O) groups excluding carboxylic acids is 1. The van der Waals surface area contributed by atoms with E-state index < -0.39 is 23.3 Å². The van der Waals surface area contributed by atoms with Crippen LogP contribution in [0.15, 0.2) is 34.7 Å². The Balaban J connectivity index is 1.19. The van der Waals surface area contributed by atoms with Gasteiger partial charge in [0.1, 0.15) is 6.04 Å². The lowest BCUT2D eigenvalue weighted by atomic mass is 9.60. The Labute approximate surface area is 161 Å². The molecule has 3 atom stereocenters. The van der Waals surface area contributed by atoms with Gasteiger partial charge in [-0.15, -0.1) is 5.10 Å². The number of hydrogen-bond donors (Lipinski definition) is 1. The summed E-state index contributed by atoms with van der Waals surface area (Å²) in [6, 6.07) is 8.94. The van der Waals surface area contributed by atoms with Gasteiger partial charge in [0.2, 0.25) is 11.8 Å². The van der Waals surface area contributed by atoms with Gasteiger partial charge in [-0.25, -0.2) is 8.78 Å². The van der Waals surface area contributed by atoms with E-state index in [0.717, 1.165) is 5.56 Å². The van der Waals surface area contributed by atoms with E-state index in [2.05, 4.69) is 15.5 Å². The Kier molecular flexibility index (Phi) is 3.76. The zero-order valence-electron chi connectivity index (χ0n) is 15.6. The number of amides is 1. The highest BCUT2D eigenvalue weighted by Gasteiger charge is 2.82. The normalized spacial score (nSPS) is 27.6. The first kappa shape index (κ1) is 17.6. The number of carbonyl (C=O) groups is 1. The lowest BCUT2D eigenvalue weighted by Gasteiger charge is -2.53. The largest absolute Gasteiger partial charge is 0.403 e. The van der Waals surface area contributed by atoms with Gasteiger partial charge >= 0.3 is 6.01 Å². The van der Waals surface area contributed by atoms with E-state index >= 15 is 0 Å². The molecule has 2 aromatic rings. The molecule has 1 N–H and O–H groups in total. The van der Waals surface area contributed by atoms with Gasteiger partial charge in [-0.05, 0) is 44.2 Å². The van der Waals surface area contributed by atoms with E-state index in [1.807, 2.05) is 30.3 Å². The first-order valence-electron chi connectivity index (χ1n) is 9.74. The molecule has 6 nitrogen and oxygen atoms in total. The van der Waals surface area contributed by atoms with E-state index in [9.17, 15) is 13.6 Å². The minimum absolute atomic E-state index is 0.135. The topological polar surface area (TPSA) is 71.3 Å². The third-order valence-electron chi connectivity index (χ3n) is 6.75. The molecular formula is C20H22F2N4O2. The second-order valence-corrected chi connectivity index (χ2v) is 8.20. The monoisotopic (exact) mass is 388 g/mol. The molecule has 1 aromatic carbocycles. The highest BCUT2D eigenvalue weighted by molar-refractivity contribution is 5.83. The van der Waals surface area contributed by atoms with Crippen molar-refractivity contribution in [2.45, 2.75) is 38.2 Å². The van der Waals surface area contributed by atoms with Crippen molar-refractivity contribution < 1.29 is 18.0 Å². The number of rotatable bonds is 4. The van der Waals surface area contributed by atoms with Gasteiger partial charge in [-0.2, -0.15) is 0 Å². The molecule has 1 saturated heterocycles. The summed E-state index contributed by atoms with van der Waals surface area (Å²) >= 11 is 0. The minimum atomic E-state index is -2.55. The Bertz CT molecular complexity index is 893. The molecule has 3 aliphatic rings. The summed E-state index contributed by atoms with van der Waals surface area (Å²) < 4.78 is 34.2. The molecule has 3 fully saturated rings. The third kappa shape index (κ3) is 2.46. The van der Waals surface area contributed by atoms with Gasteiger partial charge in [0.25, 0.3) is 5.92 Å². The highest BCUT2D eigenvalue weighted by Crippen LogP contribution is 2.78. The van der Waals surface area contributed by atoms with Gasteiger partial charge < -0.3 is 14.6 Å². The van der Waals surface area contributed by atoms with Crippen LogP contribution in [0.25, 0.3) is 11.5 Å². The predicted molar refractivity (Wildman–Crippen MR) is 97.6 cm³/mol. The first-order valence-corrected chi connectivity index (χ1v) is 9.74. The highest BCUT2D eigenvalue weighted by atomic mass is 19.3. The number of halogens is 2. The van der Waals surface area contributed by atoms with Gasteiger partial charge in [-0.3, -0.25) is 4.79 Å². The third-order valence-corrected chi connectivity index (χ3v) is 6.75. The van der Waals surface area contributed by atoms with Crippen LogP contribution < -0.4 is 5.32 Å². The zero-order chi connectivity index (χ0) is 19.5. The summed E-state index contributed by atoms with van der Waals surface area (Å²) in [6.45, 7) is 2.47. The number of piperidine rings is 1. The van der Waals surface area contributed by atoms with Gasteiger partial charge in [0.05, 0.1) is 0 Å². The summed E-state index contributed by atoms with van der Waals surface area (Å²) in [5.74, 6) is -2.54. The molecule has 2 aliphatic carbocycles. The Hall–Kier alpha value is -2.51. The maximum atomic E-state index is 14.3. The van der Waals surface area contributed by atoms with Gasteiger partial charge in [0, 0.05) is 30.0 Å². The van der Waals surface area contributed by atoms with Crippen LogP contribution in [0.4, 0.5) is 14.8 Å². The second-order valence-electron chi connectivity index (χ2n) is 8.20. The lowest BCUT2D eigenvalue weighted by Crippen LogP contribution is -2.60.